The van der Waals surface area contributed by atoms with Crippen LogP contribution in [0.4, 0.5) is 16.2 Å². The van der Waals surface area contributed by atoms with Gasteiger partial charge >= 0.3 is 6.03 Å². The van der Waals surface area contributed by atoms with Crippen molar-refractivity contribution in [2.45, 2.75) is 11.4 Å². The number of rotatable bonds is 4. The second-order valence-electron chi connectivity index (χ2n) is 7.95. The van der Waals surface area contributed by atoms with Crippen LogP contribution in [0, 0.1) is 0 Å². The van der Waals surface area contributed by atoms with Crippen LogP contribution in [-0.4, -0.2) is 36.2 Å². The van der Waals surface area contributed by atoms with Crippen LogP contribution in [0.15, 0.2) is 66.7 Å². The Hall–Kier alpha value is -2.87. The number of thioether (sulfide) groups is 1. The van der Waals surface area contributed by atoms with E-state index < -0.39 is 4.87 Å². The molecule has 0 unspecified atom stereocenters. The molecule has 174 valence electrons. The fourth-order valence-electron chi connectivity index (χ4n) is 4.43. The van der Waals surface area contributed by atoms with E-state index in [0.29, 0.717) is 40.3 Å². The first-order valence-electron chi connectivity index (χ1n) is 10.7. The van der Waals surface area contributed by atoms with Crippen molar-refractivity contribution < 1.29 is 14.3 Å². The van der Waals surface area contributed by atoms with E-state index in [4.69, 9.17) is 27.9 Å². The SMILES string of the molecule is COc1ccc2c(c1)[C@]1(SCCN1C(=O)Nc1cccc(Cl)c1)C(=O)N2Cc1ccccc1Cl. The molecule has 0 saturated carbocycles. The van der Waals surface area contributed by atoms with E-state index in [1.165, 1.54) is 11.8 Å². The first-order valence-corrected chi connectivity index (χ1v) is 12.4. The van der Waals surface area contributed by atoms with Crippen LogP contribution in [0.3, 0.4) is 0 Å². The molecule has 2 heterocycles. The third-order valence-corrected chi connectivity index (χ3v) is 8.03. The van der Waals surface area contributed by atoms with Gasteiger partial charge in [-0.2, -0.15) is 0 Å². The first-order chi connectivity index (χ1) is 16.4. The van der Waals surface area contributed by atoms with Gasteiger partial charge in [-0.25, -0.2) is 4.79 Å². The standard InChI is InChI=1S/C25H21Cl2N3O3S/c1-33-19-9-10-22-20(14-19)25(23(31)29(22)15-16-5-2-3-8-21(16)27)30(11-12-34-25)24(32)28-18-7-4-6-17(26)13-18/h2-10,13-14H,11-12,15H2,1H3,(H,28,32)/t25-/m0/s1. The van der Waals surface area contributed by atoms with E-state index >= 15 is 0 Å². The third kappa shape index (κ3) is 3.78. The third-order valence-electron chi connectivity index (χ3n) is 6.01. The number of nitrogens with zero attached hydrogens (tertiary/aromatic N) is 2. The zero-order chi connectivity index (χ0) is 23.9. The summed E-state index contributed by atoms with van der Waals surface area (Å²) in [6.07, 6.45) is 0. The van der Waals surface area contributed by atoms with Gasteiger partial charge in [0.15, 0.2) is 4.87 Å². The second-order valence-corrected chi connectivity index (χ2v) is 10.1. The van der Waals surface area contributed by atoms with Crippen molar-refractivity contribution in [2.24, 2.45) is 0 Å². The second kappa shape index (κ2) is 9.06. The maximum Gasteiger partial charge on any atom is 0.323 e. The number of hydrogen-bond donors (Lipinski definition) is 1. The molecule has 5 rings (SSSR count). The van der Waals surface area contributed by atoms with Gasteiger partial charge in [-0.15, -0.1) is 11.8 Å². The quantitative estimate of drug-likeness (QED) is 0.465. The van der Waals surface area contributed by atoms with Crippen molar-refractivity contribution in [3.8, 4) is 5.75 Å². The number of nitrogens with one attached hydrogen (secondary N) is 1. The zero-order valence-electron chi connectivity index (χ0n) is 18.3. The molecular formula is C25H21Cl2N3O3S. The number of carbonyl (C=O) groups is 2. The Morgan fingerprint density at radius 3 is 2.71 bits per heavy atom. The molecule has 1 fully saturated rings. The highest BCUT2D eigenvalue weighted by molar-refractivity contribution is 8.01. The minimum Gasteiger partial charge on any atom is -0.497 e. The molecule has 6 nitrogen and oxygen atoms in total. The topological polar surface area (TPSA) is 61.9 Å². The number of fused-ring (bicyclic) bond motifs is 2. The number of anilines is 2. The molecule has 1 N–H and O–H groups in total. The monoisotopic (exact) mass is 513 g/mol. The van der Waals surface area contributed by atoms with Crippen molar-refractivity contribution in [3.63, 3.8) is 0 Å². The highest BCUT2D eigenvalue weighted by Gasteiger charge is 2.59. The molecule has 2 aliphatic rings. The summed E-state index contributed by atoms with van der Waals surface area (Å²) < 4.78 is 5.46. The van der Waals surface area contributed by atoms with Crippen LogP contribution in [0.2, 0.25) is 10.0 Å². The number of amides is 3. The van der Waals surface area contributed by atoms with Gasteiger partial charge in [-0.3, -0.25) is 9.69 Å². The van der Waals surface area contributed by atoms with Crippen LogP contribution < -0.4 is 15.0 Å². The molecule has 3 aromatic rings. The Labute approximate surface area is 211 Å². The van der Waals surface area contributed by atoms with Gasteiger partial charge in [-0.05, 0) is 48.0 Å². The van der Waals surface area contributed by atoms with Crippen molar-refractivity contribution >= 4 is 58.3 Å². The fraction of sp³-hybridized carbons (Fsp3) is 0.200. The van der Waals surface area contributed by atoms with Crippen LogP contribution >= 0.6 is 35.0 Å². The van der Waals surface area contributed by atoms with Crippen LogP contribution in [-0.2, 0) is 16.2 Å². The van der Waals surface area contributed by atoms with Crippen LogP contribution in [0.5, 0.6) is 5.75 Å². The van der Waals surface area contributed by atoms with Gasteiger partial charge in [0.2, 0.25) is 0 Å². The molecule has 1 spiro atoms. The van der Waals surface area contributed by atoms with Gasteiger partial charge in [0.25, 0.3) is 5.91 Å². The maximum absolute atomic E-state index is 14.1. The number of hydrogen-bond acceptors (Lipinski definition) is 4. The summed E-state index contributed by atoms with van der Waals surface area (Å²) in [5, 5.41) is 3.99. The number of benzene rings is 3. The lowest BCUT2D eigenvalue weighted by Crippen LogP contribution is -2.51. The molecule has 34 heavy (non-hydrogen) atoms. The van der Waals surface area contributed by atoms with Crippen LogP contribution in [0.1, 0.15) is 11.1 Å². The fourth-order valence-corrected chi connectivity index (χ4v) is 6.27. The molecule has 0 radical (unpaired) electrons. The van der Waals surface area contributed by atoms with E-state index in [9.17, 15) is 9.59 Å². The number of urea groups is 1. The average molecular weight is 514 g/mol. The van der Waals surface area contributed by atoms with Gasteiger partial charge in [0.1, 0.15) is 5.75 Å². The molecule has 0 aromatic heterocycles. The number of carbonyl (C=O) groups excluding carboxylic acids is 2. The van der Waals surface area contributed by atoms with E-state index in [-0.39, 0.29) is 11.9 Å². The Bertz CT molecular complexity index is 1290. The van der Waals surface area contributed by atoms with Crippen molar-refractivity contribution in [3.05, 3.63) is 87.9 Å². The van der Waals surface area contributed by atoms with E-state index in [0.717, 1.165) is 16.8 Å². The lowest BCUT2D eigenvalue weighted by Gasteiger charge is -2.33. The van der Waals surface area contributed by atoms with E-state index in [1.54, 1.807) is 47.2 Å². The Morgan fingerprint density at radius 2 is 1.94 bits per heavy atom. The maximum atomic E-state index is 14.1. The molecular weight excluding hydrogens is 493 g/mol. The van der Waals surface area contributed by atoms with Crippen LogP contribution in [0.25, 0.3) is 0 Å². The van der Waals surface area contributed by atoms with Crippen molar-refractivity contribution in [2.75, 3.05) is 29.6 Å². The minimum absolute atomic E-state index is 0.181. The average Bonchev–Trinajstić information content (AvgIpc) is 3.37. The highest BCUT2D eigenvalue weighted by atomic mass is 35.5. The predicted octanol–water partition coefficient (Wildman–Crippen LogP) is 5.98. The first kappa shape index (κ1) is 22.9. The lowest BCUT2D eigenvalue weighted by molar-refractivity contribution is -0.123. The van der Waals surface area contributed by atoms with Gasteiger partial charge in [-0.1, -0.05) is 47.5 Å². The van der Waals surface area contributed by atoms with E-state index in [1.807, 2.05) is 36.4 Å². The molecule has 3 aromatic carbocycles. The summed E-state index contributed by atoms with van der Waals surface area (Å²) in [6.45, 7) is 0.712. The molecule has 3 amide bonds. The number of methoxy groups -OCH3 is 1. The highest BCUT2D eigenvalue weighted by Crippen LogP contribution is 2.55. The largest absolute Gasteiger partial charge is 0.497 e. The minimum atomic E-state index is -1.20. The summed E-state index contributed by atoms with van der Waals surface area (Å²) in [4.78, 5) is 29.7. The lowest BCUT2D eigenvalue weighted by atomic mass is 10.1. The molecule has 9 heteroatoms. The Kier molecular flexibility index (Phi) is 6.10. The summed E-state index contributed by atoms with van der Waals surface area (Å²) in [5.74, 6) is 1.05. The summed E-state index contributed by atoms with van der Waals surface area (Å²) >= 11 is 13.9. The Balaban J connectivity index is 1.56. The molecule has 1 saturated heterocycles. The van der Waals surface area contributed by atoms with Gasteiger partial charge in [0.05, 0.1) is 19.3 Å². The smallest absolute Gasteiger partial charge is 0.323 e. The van der Waals surface area contributed by atoms with Gasteiger partial charge in [0, 0.05) is 33.6 Å². The van der Waals surface area contributed by atoms with E-state index in [2.05, 4.69) is 5.32 Å². The normalized spacial score (nSPS) is 19.0. The summed E-state index contributed by atoms with van der Waals surface area (Å²) in [5.41, 5.74) is 2.86. The molecule has 0 bridgehead atoms. The van der Waals surface area contributed by atoms with Crippen molar-refractivity contribution in [1.29, 1.82) is 0 Å². The number of ether oxygens (including phenoxy) is 1. The summed E-state index contributed by atoms with van der Waals surface area (Å²) in [7, 11) is 1.58. The van der Waals surface area contributed by atoms with Crippen molar-refractivity contribution in [1.82, 2.24) is 4.90 Å². The molecule has 1 atom stereocenters. The predicted molar refractivity (Wildman–Crippen MR) is 137 cm³/mol. The Morgan fingerprint density at radius 1 is 1.12 bits per heavy atom. The molecule has 2 aliphatic heterocycles. The number of halogens is 2. The zero-order valence-corrected chi connectivity index (χ0v) is 20.6. The van der Waals surface area contributed by atoms with Gasteiger partial charge < -0.3 is 15.0 Å². The summed E-state index contributed by atoms with van der Waals surface area (Å²) in [6, 6.07) is 19.5. The molecule has 0 aliphatic carbocycles.